The number of hydrogen-bond donors (Lipinski definition) is 3. The Balaban J connectivity index is 3.09. The van der Waals surface area contributed by atoms with Crippen molar-refractivity contribution in [1.29, 1.82) is 0 Å². The number of aromatic nitrogens is 2. The van der Waals surface area contributed by atoms with Crippen molar-refractivity contribution in [3.05, 3.63) is 17.5 Å². The van der Waals surface area contributed by atoms with Gasteiger partial charge in [-0.2, -0.15) is 5.10 Å². The molecule has 1 rings (SSSR count). The molecule has 1 aromatic heterocycles. The molecule has 0 aliphatic rings. The number of aliphatic hydroxyl groups is 2. The van der Waals surface area contributed by atoms with E-state index in [1.807, 2.05) is 0 Å². The van der Waals surface area contributed by atoms with E-state index < -0.39 is 18.2 Å². The van der Waals surface area contributed by atoms with Crippen molar-refractivity contribution < 1.29 is 19.7 Å². The molecule has 1 heterocycles. The van der Waals surface area contributed by atoms with Crippen LogP contribution in [-0.2, 0) is 11.8 Å². The number of ether oxygens (including phenoxy) is 1. The maximum atomic E-state index is 11.4. The van der Waals surface area contributed by atoms with Gasteiger partial charge >= 0.3 is 5.97 Å². The molecular formula is C9H15N3O4. The lowest BCUT2D eigenvalue weighted by Crippen LogP contribution is -2.28. The molecule has 7 heteroatoms. The number of carbonyl (C=O) groups excluding carboxylic acids is 1. The van der Waals surface area contributed by atoms with Crippen molar-refractivity contribution in [2.45, 2.75) is 12.2 Å². The fourth-order valence-electron chi connectivity index (χ4n) is 1.35. The minimum Gasteiger partial charge on any atom is -0.464 e. The molecule has 1 aromatic rings. The second kappa shape index (κ2) is 5.06. The Morgan fingerprint density at radius 1 is 1.69 bits per heavy atom. The third-order valence-corrected chi connectivity index (χ3v) is 2.27. The Morgan fingerprint density at radius 3 is 2.81 bits per heavy atom. The van der Waals surface area contributed by atoms with Gasteiger partial charge in [-0.1, -0.05) is 0 Å². The molecule has 0 saturated heterocycles. The summed E-state index contributed by atoms with van der Waals surface area (Å²) in [6.45, 7) is -0.114. The highest BCUT2D eigenvalue weighted by atomic mass is 16.5. The molecule has 16 heavy (non-hydrogen) atoms. The molecule has 90 valence electrons. The van der Waals surface area contributed by atoms with Crippen molar-refractivity contribution in [1.82, 2.24) is 9.78 Å². The topological polar surface area (TPSA) is 111 Å². The lowest BCUT2D eigenvalue weighted by molar-refractivity contribution is 0.0227. The third kappa shape index (κ3) is 2.21. The van der Waals surface area contributed by atoms with Crippen LogP contribution in [0.25, 0.3) is 0 Å². The first-order valence-electron chi connectivity index (χ1n) is 4.69. The number of aryl methyl sites for hydroxylation is 1. The fraction of sp³-hybridized carbons (Fsp3) is 0.556. The Bertz CT molecular complexity index is 377. The molecule has 2 unspecified atom stereocenters. The van der Waals surface area contributed by atoms with Crippen molar-refractivity contribution in [2.24, 2.45) is 12.8 Å². The van der Waals surface area contributed by atoms with Crippen LogP contribution in [0.5, 0.6) is 0 Å². The number of hydrogen-bond acceptors (Lipinski definition) is 6. The Morgan fingerprint density at radius 2 is 2.31 bits per heavy atom. The van der Waals surface area contributed by atoms with Crippen LogP contribution in [-0.4, -0.2) is 45.7 Å². The minimum atomic E-state index is -1.26. The summed E-state index contributed by atoms with van der Waals surface area (Å²) in [5.74, 6) is -0.627. The zero-order valence-corrected chi connectivity index (χ0v) is 9.12. The largest absolute Gasteiger partial charge is 0.464 e. The van der Waals surface area contributed by atoms with Gasteiger partial charge in [0.2, 0.25) is 0 Å². The van der Waals surface area contributed by atoms with Gasteiger partial charge in [-0.05, 0) is 0 Å². The number of carbonyl (C=O) groups is 1. The predicted molar refractivity (Wildman–Crippen MR) is 54.6 cm³/mol. The normalized spacial score (nSPS) is 14.6. The standard InChI is InChI=1S/C9H15N3O4/c1-12-7(9(15)16-2)5(4-11-12)8(14)6(13)3-10/h4,6,8,13-14H,3,10H2,1-2H3. The molecule has 0 amide bonds. The first-order valence-corrected chi connectivity index (χ1v) is 4.69. The summed E-state index contributed by atoms with van der Waals surface area (Å²) in [5, 5.41) is 23.0. The number of nitrogens with zero attached hydrogens (tertiary/aromatic N) is 2. The second-order valence-corrected chi connectivity index (χ2v) is 3.31. The van der Waals surface area contributed by atoms with Gasteiger partial charge < -0.3 is 20.7 Å². The highest BCUT2D eigenvalue weighted by Crippen LogP contribution is 2.20. The first kappa shape index (κ1) is 12.6. The molecule has 0 radical (unpaired) electrons. The number of esters is 1. The van der Waals surface area contributed by atoms with Crippen LogP contribution in [0, 0.1) is 0 Å². The van der Waals surface area contributed by atoms with Crippen molar-refractivity contribution in [3.63, 3.8) is 0 Å². The maximum Gasteiger partial charge on any atom is 0.356 e. The molecule has 0 aromatic carbocycles. The quantitative estimate of drug-likeness (QED) is 0.545. The van der Waals surface area contributed by atoms with Crippen molar-refractivity contribution in [3.8, 4) is 0 Å². The smallest absolute Gasteiger partial charge is 0.356 e. The van der Waals surface area contributed by atoms with E-state index in [4.69, 9.17) is 5.73 Å². The Labute approximate surface area is 92.4 Å². The van der Waals surface area contributed by atoms with E-state index in [0.717, 1.165) is 0 Å². The second-order valence-electron chi connectivity index (χ2n) is 3.31. The molecule has 0 aliphatic carbocycles. The van der Waals surface area contributed by atoms with Crippen molar-refractivity contribution in [2.75, 3.05) is 13.7 Å². The lowest BCUT2D eigenvalue weighted by Gasteiger charge is -2.15. The van der Waals surface area contributed by atoms with Gasteiger partial charge in [0.1, 0.15) is 6.10 Å². The van der Waals surface area contributed by atoms with Crippen LogP contribution in [0.15, 0.2) is 6.20 Å². The molecular weight excluding hydrogens is 214 g/mol. The van der Waals surface area contributed by atoms with Crippen LogP contribution in [0.1, 0.15) is 22.2 Å². The van der Waals surface area contributed by atoms with E-state index in [1.54, 1.807) is 0 Å². The molecule has 0 fully saturated rings. The van der Waals surface area contributed by atoms with Crippen LogP contribution in [0.2, 0.25) is 0 Å². The molecule has 4 N–H and O–H groups in total. The molecule has 0 aliphatic heterocycles. The highest BCUT2D eigenvalue weighted by molar-refractivity contribution is 5.89. The molecule has 0 saturated carbocycles. The van der Waals surface area contributed by atoms with Gasteiger partial charge in [-0.25, -0.2) is 4.79 Å². The molecule has 0 spiro atoms. The van der Waals surface area contributed by atoms with Gasteiger partial charge in [0.15, 0.2) is 5.69 Å². The summed E-state index contributed by atoms with van der Waals surface area (Å²) in [4.78, 5) is 11.4. The lowest BCUT2D eigenvalue weighted by atomic mass is 10.1. The summed E-state index contributed by atoms with van der Waals surface area (Å²) in [6, 6.07) is 0. The SMILES string of the molecule is COC(=O)c1c(C(O)C(O)CN)cnn1C. The maximum absolute atomic E-state index is 11.4. The van der Waals surface area contributed by atoms with E-state index >= 15 is 0 Å². The fourth-order valence-corrected chi connectivity index (χ4v) is 1.35. The number of nitrogens with two attached hydrogens (primary N) is 1. The first-order chi connectivity index (χ1) is 7.52. The summed E-state index contributed by atoms with van der Waals surface area (Å²) in [7, 11) is 2.77. The van der Waals surface area contributed by atoms with Crippen LogP contribution in [0.3, 0.4) is 0 Å². The summed E-state index contributed by atoms with van der Waals surface area (Å²) in [5.41, 5.74) is 5.52. The van der Waals surface area contributed by atoms with E-state index in [9.17, 15) is 15.0 Å². The number of rotatable bonds is 4. The van der Waals surface area contributed by atoms with E-state index in [-0.39, 0.29) is 17.8 Å². The van der Waals surface area contributed by atoms with Gasteiger partial charge in [-0.3, -0.25) is 4.68 Å². The average Bonchev–Trinajstić information content (AvgIpc) is 2.68. The Hall–Kier alpha value is -1.44. The summed E-state index contributed by atoms with van der Waals surface area (Å²) >= 11 is 0. The van der Waals surface area contributed by atoms with Gasteiger partial charge in [-0.15, -0.1) is 0 Å². The summed E-state index contributed by atoms with van der Waals surface area (Å²) < 4.78 is 5.83. The predicted octanol–water partition coefficient (Wildman–Crippen LogP) is -1.44. The van der Waals surface area contributed by atoms with Crippen molar-refractivity contribution >= 4 is 5.97 Å². The average molecular weight is 229 g/mol. The monoisotopic (exact) mass is 229 g/mol. The minimum absolute atomic E-state index is 0.0995. The van der Waals surface area contributed by atoms with Crippen LogP contribution >= 0.6 is 0 Å². The van der Waals surface area contributed by atoms with E-state index in [0.29, 0.717) is 0 Å². The van der Waals surface area contributed by atoms with E-state index in [2.05, 4.69) is 9.84 Å². The Kier molecular flexibility index (Phi) is 3.99. The number of aliphatic hydroxyl groups excluding tert-OH is 2. The highest BCUT2D eigenvalue weighted by Gasteiger charge is 2.26. The zero-order chi connectivity index (χ0) is 12.3. The summed E-state index contributed by atoms with van der Waals surface area (Å²) in [6.07, 6.45) is -1.10. The van der Waals surface area contributed by atoms with Gasteiger partial charge in [0, 0.05) is 19.2 Å². The van der Waals surface area contributed by atoms with Crippen LogP contribution in [0.4, 0.5) is 0 Å². The van der Waals surface area contributed by atoms with E-state index in [1.165, 1.54) is 25.0 Å². The molecule has 0 bridgehead atoms. The van der Waals surface area contributed by atoms with Gasteiger partial charge in [0.25, 0.3) is 0 Å². The van der Waals surface area contributed by atoms with Crippen LogP contribution < -0.4 is 5.73 Å². The molecule has 7 nitrogen and oxygen atoms in total. The zero-order valence-electron chi connectivity index (χ0n) is 9.12. The molecule has 2 atom stereocenters. The van der Waals surface area contributed by atoms with Gasteiger partial charge in [0.05, 0.1) is 19.4 Å². The number of methoxy groups -OCH3 is 1. The third-order valence-electron chi connectivity index (χ3n) is 2.27.